The fraction of sp³-hybridized carbons (Fsp3) is 0.529. The zero-order valence-corrected chi connectivity index (χ0v) is 13.4. The maximum absolute atomic E-state index is 12.5. The molecule has 0 aromatic heterocycles. The minimum Gasteiger partial charge on any atom is -0.497 e. The second kappa shape index (κ2) is 6.45. The summed E-state index contributed by atoms with van der Waals surface area (Å²) in [6.07, 6.45) is -2.95. The monoisotopic (exact) mass is 340 g/mol. The Bertz CT molecular complexity index is 662. The largest absolute Gasteiger partial charge is 0.497 e. The van der Waals surface area contributed by atoms with Crippen LogP contribution in [-0.2, 0) is 11.2 Å². The van der Waals surface area contributed by atoms with Crippen LogP contribution < -0.4 is 4.74 Å². The van der Waals surface area contributed by atoms with Crippen LogP contribution in [0.4, 0.5) is 13.2 Å². The van der Waals surface area contributed by atoms with Gasteiger partial charge in [0, 0.05) is 31.3 Å². The summed E-state index contributed by atoms with van der Waals surface area (Å²) in [6, 6.07) is 5.84. The number of halogens is 3. The Hall–Kier alpha value is -2.05. The van der Waals surface area contributed by atoms with Gasteiger partial charge in [0.2, 0.25) is 0 Å². The number of hydrogen-bond acceptors (Lipinski definition) is 3. The van der Waals surface area contributed by atoms with Crippen molar-refractivity contribution in [1.29, 1.82) is 0 Å². The lowest BCUT2D eigenvalue weighted by atomic mass is 9.84. The van der Waals surface area contributed by atoms with Gasteiger partial charge in [-0.3, -0.25) is 9.79 Å². The number of ether oxygens (including phenoxy) is 1. The molecular formula is C17H19F3N2O2. The van der Waals surface area contributed by atoms with Gasteiger partial charge in [0.15, 0.2) is 0 Å². The molecule has 24 heavy (non-hydrogen) atoms. The first-order chi connectivity index (χ1) is 11.4. The van der Waals surface area contributed by atoms with Gasteiger partial charge in [-0.05, 0) is 48.6 Å². The Morgan fingerprint density at radius 1 is 1.29 bits per heavy atom. The van der Waals surface area contributed by atoms with Crippen molar-refractivity contribution in [2.45, 2.75) is 25.4 Å². The number of likely N-dealkylation sites (tertiary alicyclic amines) is 1. The topological polar surface area (TPSA) is 41.9 Å². The van der Waals surface area contributed by atoms with Gasteiger partial charge in [-0.1, -0.05) is 0 Å². The molecule has 1 aromatic rings. The van der Waals surface area contributed by atoms with Crippen LogP contribution >= 0.6 is 0 Å². The highest BCUT2D eigenvalue weighted by Crippen LogP contribution is 2.30. The average molecular weight is 340 g/mol. The number of benzene rings is 1. The zero-order valence-electron chi connectivity index (χ0n) is 13.4. The quantitative estimate of drug-likeness (QED) is 0.831. The van der Waals surface area contributed by atoms with Gasteiger partial charge in [0.25, 0.3) is 0 Å². The first-order valence-electron chi connectivity index (χ1n) is 7.98. The smallest absolute Gasteiger partial charge is 0.471 e. The van der Waals surface area contributed by atoms with Crippen molar-refractivity contribution in [3.8, 4) is 5.75 Å². The molecule has 0 N–H and O–H groups in total. The second-order valence-corrected chi connectivity index (χ2v) is 6.10. The number of aliphatic imine (C=N–C) groups is 1. The van der Waals surface area contributed by atoms with Gasteiger partial charge in [0.1, 0.15) is 5.75 Å². The number of alkyl halides is 3. The molecule has 0 saturated carbocycles. The molecule has 0 bridgehead atoms. The van der Waals surface area contributed by atoms with E-state index < -0.39 is 12.1 Å². The maximum Gasteiger partial charge on any atom is 0.471 e. The molecule has 2 heterocycles. The first-order valence-corrected chi connectivity index (χ1v) is 7.98. The van der Waals surface area contributed by atoms with Crippen LogP contribution in [0.2, 0.25) is 0 Å². The Labute approximate surface area is 138 Å². The number of rotatable bonds is 2. The molecule has 0 unspecified atom stereocenters. The molecular weight excluding hydrogens is 321 g/mol. The summed E-state index contributed by atoms with van der Waals surface area (Å²) in [4.78, 5) is 16.8. The van der Waals surface area contributed by atoms with E-state index in [1.807, 2.05) is 18.2 Å². The van der Waals surface area contributed by atoms with Gasteiger partial charge in [0.05, 0.1) is 7.11 Å². The molecule has 0 spiro atoms. The van der Waals surface area contributed by atoms with Crippen molar-refractivity contribution in [3.05, 3.63) is 29.3 Å². The van der Waals surface area contributed by atoms with Gasteiger partial charge < -0.3 is 9.64 Å². The number of carbonyl (C=O) groups is 1. The fourth-order valence-electron chi connectivity index (χ4n) is 3.42. The molecule has 1 amide bonds. The molecule has 0 radical (unpaired) electrons. The van der Waals surface area contributed by atoms with Crippen molar-refractivity contribution in [2.24, 2.45) is 10.9 Å². The molecule has 0 atom stereocenters. The third kappa shape index (κ3) is 3.25. The zero-order chi connectivity index (χ0) is 17.3. The molecule has 1 saturated heterocycles. The third-order valence-corrected chi connectivity index (χ3v) is 4.66. The van der Waals surface area contributed by atoms with Gasteiger partial charge in [-0.15, -0.1) is 0 Å². The van der Waals surface area contributed by atoms with Crippen molar-refractivity contribution in [3.63, 3.8) is 0 Å². The summed E-state index contributed by atoms with van der Waals surface area (Å²) in [5.41, 5.74) is 3.17. The highest BCUT2D eigenvalue weighted by atomic mass is 19.4. The maximum atomic E-state index is 12.5. The molecule has 3 rings (SSSR count). The summed E-state index contributed by atoms with van der Waals surface area (Å²) in [7, 11) is 1.62. The van der Waals surface area contributed by atoms with Crippen LogP contribution in [0.25, 0.3) is 0 Å². The van der Waals surface area contributed by atoms with E-state index in [0.717, 1.165) is 33.9 Å². The van der Waals surface area contributed by atoms with Crippen LogP contribution in [-0.4, -0.2) is 49.4 Å². The fourth-order valence-corrected chi connectivity index (χ4v) is 3.42. The molecule has 2 aliphatic heterocycles. The van der Waals surface area contributed by atoms with Gasteiger partial charge in [-0.2, -0.15) is 13.2 Å². The molecule has 1 fully saturated rings. The summed E-state index contributed by atoms with van der Waals surface area (Å²) >= 11 is 0. The molecule has 1 aromatic carbocycles. The lowest BCUT2D eigenvalue weighted by Gasteiger charge is -2.34. The first kappa shape index (κ1) is 16.8. The van der Waals surface area contributed by atoms with E-state index >= 15 is 0 Å². The number of fused-ring (bicyclic) bond motifs is 1. The Balaban J connectivity index is 1.72. The summed E-state index contributed by atoms with van der Waals surface area (Å²) in [5.74, 6) is -0.855. The number of hydrogen-bond donors (Lipinski definition) is 0. The number of piperidine rings is 1. The minimum atomic E-state index is -4.79. The van der Waals surface area contributed by atoms with E-state index in [1.165, 1.54) is 0 Å². The Morgan fingerprint density at radius 3 is 2.62 bits per heavy atom. The highest BCUT2D eigenvalue weighted by molar-refractivity contribution is 6.04. The standard InChI is InChI=1S/C17H19F3N2O2/c1-24-13-2-3-14-12(10-13)4-7-21-15(14)11-5-8-22(9-6-11)16(23)17(18,19)20/h2-3,10-11H,4-9H2,1H3. The van der Waals surface area contributed by atoms with E-state index in [9.17, 15) is 18.0 Å². The van der Waals surface area contributed by atoms with Crippen molar-refractivity contribution in [1.82, 2.24) is 4.90 Å². The van der Waals surface area contributed by atoms with Crippen LogP contribution in [0.3, 0.4) is 0 Å². The third-order valence-electron chi connectivity index (χ3n) is 4.66. The highest BCUT2D eigenvalue weighted by Gasteiger charge is 2.43. The van der Waals surface area contributed by atoms with E-state index in [0.29, 0.717) is 19.4 Å². The lowest BCUT2D eigenvalue weighted by molar-refractivity contribution is -0.186. The predicted octanol–water partition coefficient (Wildman–Crippen LogP) is 2.84. The molecule has 4 nitrogen and oxygen atoms in total. The van der Waals surface area contributed by atoms with Crippen LogP contribution in [0, 0.1) is 5.92 Å². The number of carbonyl (C=O) groups excluding carboxylic acids is 1. The SMILES string of the molecule is COc1ccc2c(c1)CCN=C2C1CCN(C(=O)C(F)(F)F)CC1. The molecule has 7 heteroatoms. The van der Waals surface area contributed by atoms with E-state index in [1.54, 1.807) is 7.11 Å². The lowest BCUT2D eigenvalue weighted by Crippen LogP contribution is -2.46. The molecule has 0 aliphatic carbocycles. The van der Waals surface area contributed by atoms with Gasteiger partial charge >= 0.3 is 12.1 Å². The van der Waals surface area contributed by atoms with E-state index in [2.05, 4.69) is 4.99 Å². The second-order valence-electron chi connectivity index (χ2n) is 6.10. The Morgan fingerprint density at radius 2 is 2.00 bits per heavy atom. The summed E-state index contributed by atoms with van der Waals surface area (Å²) in [5, 5.41) is 0. The van der Waals surface area contributed by atoms with E-state index in [4.69, 9.17) is 4.74 Å². The molecule has 2 aliphatic rings. The number of amides is 1. The van der Waals surface area contributed by atoms with Gasteiger partial charge in [-0.25, -0.2) is 0 Å². The summed E-state index contributed by atoms with van der Waals surface area (Å²) < 4.78 is 42.8. The number of nitrogens with zero attached hydrogens (tertiary/aromatic N) is 2. The predicted molar refractivity (Wildman–Crippen MR) is 83.5 cm³/mol. The van der Waals surface area contributed by atoms with Crippen LogP contribution in [0.1, 0.15) is 24.0 Å². The Kier molecular flexibility index (Phi) is 4.51. The summed E-state index contributed by atoms with van der Waals surface area (Å²) in [6.45, 7) is 0.915. The normalized spacial score (nSPS) is 18.8. The van der Waals surface area contributed by atoms with Crippen LogP contribution in [0.5, 0.6) is 5.75 Å². The minimum absolute atomic E-state index is 0.0923. The number of methoxy groups -OCH3 is 1. The molecule has 130 valence electrons. The van der Waals surface area contributed by atoms with Crippen molar-refractivity contribution < 1.29 is 22.7 Å². The van der Waals surface area contributed by atoms with Crippen molar-refractivity contribution in [2.75, 3.05) is 26.7 Å². The average Bonchev–Trinajstić information content (AvgIpc) is 2.59. The van der Waals surface area contributed by atoms with Crippen molar-refractivity contribution >= 4 is 11.6 Å². The van der Waals surface area contributed by atoms with Crippen LogP contribution in [0.15, 0.2) is 23.2 Å². The van der Waals surface area contributed by atoms with E-state index in [-0.39, 0.29) is 19.0 Å².